The Morgan fingerprint density at radius 2 is 2.21 bits per heavy atom. The van der Waals surface area contributed by atoms with Crippen LogP contribution in [0.3, 0.4) is 0 Å². The summed E-state index contributed by atoms with van der Waals surface area (Å²) < 4.78 is 18.0. The van der Waals surface area contributed by atoms with Crippen LogP contribution in [0.25, 0.3) is 16.8 Å². The third kappa shape index (κ3) is 4.11. The number of fused-ring (bicyclic) bond motifs is 1. The zero-order valence-corrected chi connectivity index (χ0v) is 18.8. The molecule has 3 aromatic rings. The molecule has 180 valence electrons. The normalized spacial score (nSPS) is 24.4. The van der Waals surface area contributed by atoms with Crippen LogP contribution in [0.4, 0.5) is 5.82 Å². The lowest BCUT2D eigenvalue weighted by Crippen LogP contribution is -2.41. The molecule has 0 saturated carbocycles. The number of aliphatic hydroxyl groups is 2. The highest BCUT2D eigenvalue weighted by molar-refractivity contribution is 5.86. The van der Waals surface area contributed by atoms with E-state index < -0.39 is 29.9 Å². The fraction of sp³-hybridized carbons (Fsp3) is 0.478. The van der Waals surface area contributed by atoms with E-state index in [0.29, 0.717) is 23.3 Å². The molecule has 1 saturated heterocycles. The summed E-state index contributed by atoms with van der Waals surface area (Å²) >= 11 is 0. The number of hydrogen-bond donors (Lipinski definition) is 3. The molecule has 4 N–H and O–H groups in total. The summed E-state index contributed by atoms with van der Waals surface area (Å²) in [6, 6.07) is 6.93. The van der Waals surface area contributed by atoms with E-state index in [0.717, 1.165) is 19.3 Å². The number of hydrogen-bond acceptors (Lipinski definition) is 10. The van der Waals surface area contributed by atoms with Crippen LogP contribution in [0.5, 0.6) is 0 Å². The number of rotatable bonds is 9. The van der Waals surface area contributed by atoms with Crippen molar-refractivity contribution in [1.29, 1.82) is 5.26 Å². The molecule has 1 aliphatic heterocycles. The molecule has 11 nitrogen and oxygen atoms in total. The topological polar surface area (TPSA) is 169 Å². The minimum Gasteiger partial charge on any atom is -0.464 e. The number of carbonyl (C=O) groups excluding carboxylic acids is 1. The van der Waals surface area contributed by atoms with Gasteiger partial charge in [-0.25, -0.2) is 9.50 Å². The van der Waals surface area contributed by atoms with Crippen molar-refractivity contribution in [2.45, 2.75) is 62.9 Å². The fourth-order valence-corrected chi connectivity index (χ4v) is 4.21. The van der Waals surface area contributed by atoms with Gasteiger partial charge in [-0.2, -0.15) is 10.4 Å². The van der Waals surface area contributed by atoms with Crippen LogP contribution < -0.4 is 5.73 Å². The molecule has 0 aliphatic carbocycles. The summed E-state index contributed by atoms with van der Waals surface area (Å²) in [4.78, 5) is 16.1. The number of unbranched alkanes of at least 4 members (excludes halogenated alkanes) is 3. The highest BCUT2D eigenvalue weighted by atomic mass is 16.6. The summed E-state index contributed by atoms with van der Waals surface area (Å²) in [6.07, 6.45) is 2.41. The number of nitrogens with two attached hydrogens (primary N) is 1. The van der Waals surface area contributed by atoms with Gasteiger partial charge in [0, 0.05) is 12.0 Å². The Kier molecular flexibility index (Phi) is 6.83. The largest absolute Gasteiger partial charge is 0.464 e. The predicted octanol–water partition coefficient (Wildman–Crippen LogP) is 1.92. The Morgan fingerprint density at radius 3 is 2.91 bits per heavy atom. The molecule has 3 aromatic heterocycles. The summed E-state index contributed by atoms with van der Waals surface area (Å²) in [5.41, 5.74) is 5.05. The average Bonchev–Trinajstić information content (AvgIpc) is 3.55. The van der Waals surface area contributed by atoms with Crippen molar-refractivity contribution in [3.8, 4) is 17.4 Å². The Bertz CT molecular complexity index is 1190. The second-order valence-electron chi connectivity index (χ2n) is 8.26. The maximum atomic E-state index is 12.1. The van der Waals surface area contributed by atoms with Gasteiger partial charge in [-0.3, -0.25) is 4.79 Å². The molecule has 4 heterocycles. The van der Waals surface area contributed by atoms with E-state index in [1.807, 2.05) is 6.07 Å². The van der Waals surface area contributed by atoms with Crippen molar-refractivity contribution < 1.29 is 28.9 Å². The van der Waals surface area contributed by atoms with Crippen LogP contribution >= 0.6 is 0 Å². The predicted molar refractivity (Wildman–Crippen MR) is 119 cm³/mol. The van der Waals surface area contributed by atoms with Crippen molar-refractivity contribution in [1.82, 2.24) is 14.6 Å². The number of esters is 1. The molecule has 0 radical (unpaired) electrons. The summed E-state index contributed by atoms with van der Waals surface area (Å²) in [6.45, 7) is 1.77. The molecule has 1 aliphatic rings. The van der Waals surface area contributed by atoms with Gasteiger partial charge in [0.25, 0.3) is 0 Å². The third-order valence-corrected chi connectivity index (χ3v) is 6.02. The fourth-order valence-electron chi connectivity index (χ4n) is 4.21. The quantitative estimate of drug-likeness (QED) is 0.311. The van der Waals surface area contributed by atoms with Crippen molar-refractivity contribution in [3.05, 3.63) is 36.5 Å². The van der Waals surface area contributed by atoms with E-state index in [-0.39, 0.29) is 24.5 Å². The van der Waals surface area contributed by atoms with Crippen molar-refractivity contribution in [2.24, 2.45) is 0 Å². The number of ether oxygens (including phenoxy) is 2. The molecule has 11 heteroatoms. The van der Waals surface area contributed by atoms with Crippen molar-refractivity contribution >= 4 is 17.3 Å². The molecular weight excluding hydrogens is 442 g/mol. The van der Waals surface area contributed by atoms with Gasteiger partial charge in [-0.1, -0.05) is 26.2 Å². The zero-order chi connectivity index (χ0) is 24.3. The lowest BCUT2D eigenvalue weighted by molar-refractivity contribution is -0.150. The number of furan rings is 1. The zero-order valence-electron chi connectivity index (χ0n) is 18.8. The molecule has 1 fully saturated rings. The second-order valence-corrected chi connectivity index (χ2v) is 8.26. The molecule has 0 spiro atoms. The van der Waals surface area contributed by atoms with Crippen LogP contribution in [0.1, 0.15) is 44.7 Å². The number of nitrogen functional groups attached to an aromatic ring is 1. The van der Waals surface area contributed by atoms with Crippen LogP contribution in [-0.4, -0.2) is 55.7 Å². The Balaban J connectivity index is 1.62. The van der Waals surface area contributed by atoms with E-state index in [1.54, 1.807) is 18.2 Å². The Hall–Kier alpha value is -3.46. The van der Waals surface area contributed by atoms with Gasteiger partial charge in [0.15, 0.2) is 5.82 Å². The van der Waals surface area contributed by atoms with E-state index in [1.165, 1.54) is 17.1 Å². The minimum atomic E-state index is -2.01. The number of aliphatic hydroxyl groups excluding tert-OH is 2. The number of carbonyl (C=O) groups is 1. The van der Waals surface area contributed by atoms with Gasteiger partial charge in [-0.15, -0.1) is 0 Å². The van der Waals surface area contributed by atoms with Crippen molar-refractivity contribution in [2.75, 3.05) is 12.3 Å². The molecule has 1 unspecified atom stereocenters. The van der Waals surface area contributed by atoms with E-state index in [9.17, 15) is 20.3 Å². The number of nitriles is 1. The maximum absolute atomic E-state index is 12.1. The first-order chi connectivity index (χ1) is 16.4. The van der Waals surface area contributed by atoms with Gasteiger partial charge >= 0.3 is 5.97 Å². The Labute approximate surface area is 195 Å². The van der Waals surface area contributed by atoms with Crippen LogP contribution in [-0.2, 0) is 19.9 Å². The maximum Gasteiger partial charge on any atom is 0.305 e. The first kappa shape index (κ1) is 23.7. The average molecular weight is 469 g/mol. The van der Waals surface area contributed by atoms with Gasteiger partial charge in [0.2, 0.25) is 5.60 Å². The lowest BCUT2D eigenvalue weighted by Gasteiger charge is -2.24. The molecule has 4 atom stereocenters. The lowest BCUT2D eigenvalue weighted by atomic mass is 9.92. The number of aromatic nitrogens is 3. The summed E-state index contributed by atoms with van der Waals surface area (Å²) in [7, 11) is 0. The highest BCUT2D eigenvalue weighted by Gasteiger charge is 2.58. The van der Waals surface area contributed by atoms with Gasteiger partial charge in [0.1, 0.15) is 48.6 Å². The molecule has 0 bridgehead atoms. The highest BCUT2D eigenvalue weighted by Crippen LogP contribution is 2.43. The first-order valence-corrected chi connectivity index (χ1v) is 11.2. The SMILES string of the molecule is CCCCCCC(=O)OC[C@H]1OC(C#N)(c2cc(-c3ccco3)c3c(N)ncnn23)[C@H](O)[C@@H]1O. The second kappa shape index (κ2) is 9.80. The standard InChI is InChI=1S/C23H27N5O6/c1-2-3-4-5-8-18(29)33-11-16-20(30)21(31)23(12-24,34-16)17-10-14(15-7-6-9-32-15)19-22(25)26-13-27-28(17)19/h6-7,9-10,13,16,20-21,30-31H,2-5,8,11H2,1H3,(H2,25,26,27)/t16-,20-,21-,23?/m1/s1. The number of nitrogens with zero attached hydrogens (tertiary/aromatic N) is 4. The molecule has 34 heavy (non-hydrogen) atoms. The molecule has 0 amide bonds. The number of anilines is 1. The van der Waals surface area contributed by atoms with Crippen LogP contribution in [0.2, 0.25) is 0 Å². The van der Waals surface area contributed by atoms with Crippen molar-refractivity contribution in [3.63, 3.8) is 0 Å². The summed E-state index contributed by atoms with van der Waals surface area (Å²) in [5.74, 6) is 0.145. The van der Waals surface area contributed by atoms with E-state index in [2.05, 4.69) is 17.0 Å². The van der Waals surface area contributed by atoms with Gasteiger partial charge in [0.05, 0.1) is 12.0 Å². The molecule has 4 rings (SSSR count). The van der Waals surface area contributed by atoms with Crippen LogP contribution in [0.15, 0.2) is 35.2 Å². The molecule has 0 aromatic carbocycles. The Morgan fingerprint density at radius 1 is 1.38 bits per heavy atom. The van der Waals surface area contributed by atoms with E-state index >= 15 is 0 Å². The molecular formula is C23H27N5O6. The summed E-state index contributed by atoms with van der Waals surface area (Å²) in [5, 5.41) is 35.9. The smallest absolute Gasteiger partial charge is 0.305 e. The minimum absolute atomic E-state index is 0.127. The van der Waals surface area contributed by atoms with Crippen LogP contribution in [0, 0.1) is 11.3 Å². The monoisotopic (exact) mass is 469 g/mol. The van der Waals surface area contributed by atoms with Gasteiger partial charge < -0.3 is 29.8 Å². The van der Waals surface area contributed by atoms with E-state index in [4.69, 9.17) is 19.6 Å². The first-order valence-electron chi connectivity index (χ1n) is 11.2. The van der Waals surface area contributed by atoms with Gasteiger partial charge in [-0.05, 0) is 24.6 Å². The third-order valence-electron chi connectivity index (χ3n) is 6.02.